The average molecular weight is 489 g/mol. The highest BCUT2D eigenvalue weighted by Crippen LogP contribution is 2.55. The number of carbonyl (C=O) groups is 2. The molecule has 3 aromatic heterocycles. The second kappa shape index (κ2) is 8.16. The molecule has 35 heavy (non-hydrogen) atoms. The Balaban J connectivity index is 1.24. The molecule has 0 unspecified atom stereocenters. The highest BCUT2D eigenvalue weighted by molar-refractivity contribution is 7.17. The monoisotopic (exact) mass is 488 g/mol. The van der Waals surface area contributed by atoms with Gasteiger partial charge in [0, 0.05) is 26.1 Å². The maximum atomic E-state index is 13.1. The van der Waals surface area contributed by atoms with Crippen LogP contribution in [-0.2, 0) is 4.79 Å². The van der Waals surface area contributed by atoms with Gasteiger partial charge in [0.15, 0.2) is 0 Å². The molecule has 1 spiro atoms. The lowest BCUT2D eigenvalue weighted by Crippen LogP contribution is -2.42. The van der Waals surface area contributed by atoms with Crippen molar-refractivity contribution in [3.63, 3.8) is 0 Å². The maximum absolute atomic E-state index is 13.1. The fourth-order valence-electron chi connectivity index (χ4n) is 5.34. The normalized spacial score (nSPS) is 21.4. The third-order valence-electron chi connectivity index (χ3n) is 7.01. The molecule has 9 nitrogen and oxygen atoms in total. The Kier molecular flexibility index (Phi) is 5.06. The molecular formula is C25H24N6O3S. The van der Waals surface area contributed by atoms with E-state index in [1.54, 1.807) is 13.0 Å². The number of aromatic nitrogens is 4. The highest BCUT2D eigenvalue weighted by atomic mass is 32.1. The first-order valence-electron chi connectivity index (χ1n) is 11.5. The SMILES string of the molecule is C=CC(=O)N1CCC2(CC(n3c(NC(=O)c4ccc(-c5nnc(C)o5)s4)nc4ccccc43)C2)C1. The zero-order valence-corrected chi connectivity index (χ0v) is 20.0. The molecule has 1 aliphatic heterocycles. The number of aryl methyl sites for hydroxylation is 1. The number of nitrogens with one attached hydrogen (secondary N) is 1. The van der Waals surface area contributed by atoms with E-state index >= 15 is 0 Å². The lowest BCUT2D eigenvalue weighted by Gasteiger charge is -2.46. The number of fused-ring (bicyclic) bond motifs is 1. The summed E-state index contributed by atoms with van der Waals surface area (Å²) in [6.07, 6.45) is 4.26. The number of anilines is 1. The van der Waals surface area contributed by atoms with Gasteiger partial charge in [0.25, 0.3) is 11.8 Å². The summed E-state index contributed by atoms with van der Waals surface area (Å²) in [7, 11) is 0. The predicted octanol–water partition coefficient (Wildman–Crippen LogP) is 4.45. The van der Waals surface area contributed by atoms with Gasteiger partial charge in [-0.15, -0.1) is 21.5 Å². The Labute approximate surface area is 205 Å². The number of hydrogen-bond acceptors (Lipinski definition) is 7. The van der Waals surface area contributed by atoms with Crippen LogP contribution in [0.25, 0.3) is 21.8 Å². The molecule has 1 saturated carbocycles. The second-order valence-electron chi connectivity index (χ2n) is 9.31. The molecule has 10 heteroatoms. The number of amides is 2. The van der Waals surface area contributed by atoms with E-state index in [9.17, 15) is 9.59 Å². The van der Waals surface area contributed by atoms with E-state index in [-0.39, 0.29) is 23.3 Å². The minimum absolute atomic E-state index is 0.00244. The van der Waals surface area contributed by atoms with Crippen molar-refractivity contribution in [3.05, 3.63) is 59.8 Å². The largest absolute Gasteiger partial charge is 0.420 e. The number of thiophene rings is 1. The summed E-state index contributed by atoms with van der Waals surface area (Å²) in [5.74, 6) is 1.19. The molecule has 2 amide bonds. The van der Waals surface area contributed by atoms with E-state index < -0.39 is 0 Å². The number of rotatable bonds is 5. The van der Waals surface area contributed by atoms with Gasteiger partial charge in [-0.1, -0.05) is 18.7 Å². The van der Waals surface area contributed by atoms with Crippen molar-refractivity contribution >= 4 is 40.1 Å². The first kappa shape index (κ1) is 21.7. The number of likely N-dealkylation sites (tertiary alicyclic amines) is 1. The van der Waals surface area contributed by atoms with Crippen LogP contribution < -0.4 is 5.32 Å². The Morgan fingerprint density at radius 1 is 1.23 bits per heavy atom. The van der Waals surface area contributed by atoms with Gasteiger partial charge in [0.2, 0.25) is 17.7 Å². The van der Waals surface area contributed by atoms with Gasteiger partial charge in [-0.2, -0.15) is 0 Å². The Bertz CT molecular complexity index is 1460. The Morgan fingerprint density at radius 2 is 2.06 bits per heavy atom. The van der Waals surface area contributed by atoms with Crippen molar-refractivity contribution in [2.75, 3.05) is 18.4 Å². The molecule has 0 atom stereocenters. The third-order valence-corrected chi connectivity index (χ3v) is 8.09. The van der Waals surface area contributed by atoms with Crippen LogP contribution in [0, 0.1) is 12.3 Å². The van der Waals surface area contributed by atoms with Crippen LogP contribution in [-0.4, -0.2) is 49.6 Å². The Hall–Kier alpha value is -3.79. The maximum Gasteiger partial charge on any atom is 0.268 e. The molecular weight excluding hydrogens is 464 g/mol. The number of benzene rings is 1. The molecule has 2 aliphatic rings. The number of hydrogen-bond donors (Lipinski definition) is 1. The van der Waals surface area contributed by atoms with E-state index in [0.717, 1.165) is 48.3 Å². The molecule has 6 rings (SSSR count). The van der Waals surface area contributed by atoms with E-state index in [1.165, 1.54) is 17.4 Å². The summed E-state index contributed by atoms with van der Waals surface area (Å²) in [5.41, 5.74) is 1.96. The van der Waals surface area contributed by atoms with Gasteiger partial charge in [-0.05, 0) is 55.0 Å². The molecule has 1 saturated heterocycles. The van der Waals surface area contributed by atoms with Gasteiger partial charge in [0.1, 0.15) is 0 Å². The van der Waals surface area contributed by atoms with Gasteiger partial charge < -0.3 is 13.9 Å². The molecule has 1 aromatic carbocycles. The van der Waals surface area contributed by atoms with Gasteiger partial charge in [0.05, 0.1) is 20.8 Å². The van der Waals surface area contributed by atoms with Crippen molar-refractivity contribution in [1.82, 2.24) is 24.6 Å². The quantitative estimate of drug-likeness (QED) is 0.416. The smallest absolute Gasteiger partial charge is 0.268 e. The molecule has 0 radical (unpaired) electrons. The highest BCUT2D eigenvalue weighted by Gasteiger charge is 2.50. The van der Waals surface area contributed by atoms with Crippen molar-refractivity contribution in [3.8, 4) is 10.8 Å². The van der Waals surface area contributed by atoms with Crippen molar-refractivity contribution in [2.45, 2.75) is 32.2 Å². The van der Waals surface area contributed by atoms with Crippen LogP contribution >= 0.6 is 11.3 Å². The fourth-order valence-corrected chi connectivity index (χ4v) is 6.17. The van der Waals surface area contributed by atoms with E-state index in [0.29, 0.717) is 22.6 Å². The molecule has 4 aromatic rings. The first-order valence-corrected chi connectivity index (χ1v) is 12.4. The van der Waals surface area contributed by atoms with Gasteiger partial charge >= 0.3 is 0 Å². The summed E-state index contributed by atoms with van der Waals surface area (Å²) < 4.78 is 7.62. The summed E-state index contributed by atoms with van der Waals surface area (Å²) >= 11 is 1.30. The summed E-state index contributed by atoms with van der Waals surface area (Å²) in [6, 6.07) is 11.7. The molecule has 1 N–H and O–H groups in total. The lowest BCUT2D eigenvalue weighted by molar-refractivity contribution is -0.125. The van der Waals surface area contributed by atoms with Crippen molar-refractivity contribution in [1.29, 1.82) is 0 Å². The number of imidazole rings is 1. The fraction of sp³-hybridized carbons (Fsp3) is 0.320. The standard InChI is InChI=1S/C25H24N6O3S/c1-3-21(32)30-11-10-25(14-30)12-16(13-25)31-18-7-5-4-6-17(18)26-24(31)27-22(33)19-8-9-20(35-19)23-29-28-15(2)34-23/h3-9,16H,1,10-14H2,2H3,(H,26,27,33). The number of nitrogens with zero attached hydrogens (tertiary/aromatic N) is 5. The zero-order valence-electron chi connectivity index (χ0n) is 19.2. The van der Waals surface area contributed by atoms with E-state index in [1.807, 2.05) is 35.2 Å². The van der Waals surface area contributed by atoms with Crippen molar-refractivity contribution < 1.29 is 14.0 Å². The van der Waals surface area contributed by atoms with Crippen molar-refractivity contribution in [2.24, 2.45) is 5.41 Å². The molecule has 1 aliphatic carbocycles. The molecule has 4 heterocycles. The second-order valence-corrected chi connectivity index (χ2v) is 10.4. The minimum Gasteiger partial charge on any atom is -0.420 e. The number of carbonyl (C=O) groups excluding carboxylic acids is 2. The molecule has 2 fully saturated rings. The number of para-hydroxylation sites is 2. The van der Waals surface area contributed by atoms with E-state index in [2.05, 4.69) is 26.7 Å². The van der Waals surface area contributed by atoms with Gasteiger partial charge in [-0.25, -0.2) is 4.98 Å². The zero-order chi connectivity index (χ0) is 24.2. The third kappa shape index (κ3) is 3.74. The minimum atomic E-state index is -0.230. The van der Waals surface area contributed by atoms with Crippen LogP contribution in [0.3, 0.4) is 0 Å². The van der Waals surface area contributed by atoms with E-state index in [4.69, 9.17) is 9.40 Å². The van der Waals surface area contributed by atoms with Crippen LogP contribution in [0.4, 0.5) is 5.95 Å². The van der Waals surface area contributed by atoms with Crippen LogP contribution in [0.1, 0.15) is 40.9 Å². The first-order chi connectivity index (χ1) is 16.9. The molecule has 178 valence electrons. The summed E-state index contributed by atoms with van der Waals surface area (Å²) in [6.45, 7) is 6.87. The van der Waals surface area contributed by atoms with Gasteiger partial charge in [-0.3, -0.25) is 14.9 Å². The topological polar surface area (TPSA) is 106 Å². The average Bonchev–Trinajstić information content (AvgIpc) is 3.61. The van der Waals surface area contributed by atoms with Crippen LogP contribution in [0.5, 0.6) is 0 Å². The lowest BCUT2D eigenvalue weighted by atomic mass is 9.65. The molecule has 0 bridgehead atoms. The summed E-state index contributed by atoms with van der Waals surface area (Å²) in [4.78, 5) is 33.1. The van der Waals surface area contributed by atoms with Crippen LogP contribution in [0.2, 0.25) is 0 Å². The predicted molar refractivity (Wildman–Crippen MR) is 132 cm³/mol. The Morgan fingerprint density at radius 3 is 2.83 bits per heavy atom. The van der Waals surface area contributed by atoms with Crippen LogP contribution in [0.15, 0.2) is 53.5 Å². The summed E-state index contributed by atoms with van der Waals surface area (Å²) in [5, 5.41) is 10.9.